The molecule has 2 amide bonds. The van der Waals surface area contributed by atoms with Crippen LogP contribution in [0.15, 0.2) is 41.1 Å². The maximum atomic E-state index is 12.0. The smallest absolute Gasteiger partial charge is 0.338 e. The summed E-state index contributed by atoms with van der Waals surface area (Å²) in [7, 11) is 1.65. The van der Waals surface area contributed by atoms with Crippen molar-refractivity contribution in [2.24, 2.45) is 5.73 Å². The molecule has 1 aromatic heterocycles. The van der Waals surface area contributed by atoms with Crippen LogP contribution in [0.2, 0.25) is 0 Å². The van der Waals surface area contributed by atoms with E-state index < -0.39 is 11.9 Å². The monoisotopic (exact) mass is 362 g/mol. The quantitative estimate of drug-likeness (QED) is 0.716. The van der Waals surface area contributed by atoms with Crippen molar-refractivity contribution in [1.82, 2.24) is 4.90 Å². The van der Waals surface area contributed by atoms with Crippen LogP contribution in [0.25, 0.3) is 0 Å². The lowest BCUT2D eigenvalue weighted by Crippen LogP contribution is -2.30. The van der Waals surface area contributed by atoms with Crippen LogP contribution in [0.4, 0.5) is 0 Å². The molecule has 2 N–H and O–H groups in total. The third-order valence-electron chi connectivity index (χ3n) is 3.22. The molecule has 0 radical (unpaired) electrons. The zero-order valence-corrected chi connectivity index (χ0v) is 14.5. The fourth-order valence-corrected chi connectivity index (χ4v) is 2.57. The van der Waals surface area contributed by atoms with Crippen molar-refractivity contribution >= 4 is 29.1 Å². The van der Waals surface area contributed by atoms with Crippen molar-refractivity contribution in [3.8, 4) is 5.75 Å². The summed E-state index contributed by atoms with van der Waals surface area (Å²) in [6.07, 6.45) is 0. The average Bonchev–Trinajstić information content (AvgIpc) is 3.10. The standard InChI is InChI=1S/C17H18N2O5S/c1-19(8-12-6-7-25-11-12)16(21)10-24-17(22)13-2-4-14(5-3-13)23-9-15(18)20/h2-7,11H,8-10H2,1H3,(H2,18,20). The van der Waals surface area contributed by atoms with Gasteiger partial charge in [-0.15, -0.1) is 0 Å². The minimum atomic E-state index is -0.612. The Balaban J connectivity index is 1.80. The number of benzene rings is 1. The molecule has 0 bridgehead atoms. The molecule has 2 aromatic rings. The summed E-state index contributed by atoms with van der Waals surface area (Å²) in [5, 5.41) is 3.89. The van der Waals surface area contributed by atoms with Gasteiger partial charge in [-0.2, -0.15) is 11.3 Å². The van der Waals surface area contributed by atoms with Crippen molar-refractivity contribution in [3.05, 3.63) is 52.2 Å². The van der Waals surface area contributed by atoms with Crippen LogP contribution in [-0.4, -0.2) is 42.9 Å². The lowest BCUT2D eigenvalue weighted by atomic mass is 10.2. The molecule has 0 unspecified atom stereocenters. The van der Waals surface area contributed by atoms with Gasteiger partial charge in [0.25, 0.3) is 11.8 Å². The molecule has 1 heterocycles. The molecular formula is C17H18N2O5S. The van der Waals surface area contributed by atoms with E-state index in [-0.39, 0.29) is 24.7 Å². The second kappa shape index (κ2) is 8.84. The van der Waals surface area contributed by atoms with E-state index in [1.54, 1.807) is 18.4 Å². The Labute approximate surface area is 148 Å². The van der Waals surface area contributed by atoms with E-state index >= 15 is 0 Å². The molecular weight excluding hydrogens is 344 g/mol. The summed E-state index contributed by atoms with van der Waals surface area (Å²) in [6.45, 7) is -0.111. The fraction of sp³-hybridized carbons (Fsp3) is 0.235. The number of carbonyl (C=O) groups excluding carboxylic acids is 3. The zero-order valence-electron chi connectivity index (χ0n) is 13.6. The van der Waals surface area contributed by atoms with Crippen molar-refractivity contribution in [3.63, 3.8) is 0 Å². The zero-order chi connectivity index (χ0) is 18.2. The van der Waals surface area contributed by atoms with E-state index in [0.29, 0.717) is 12.3 Å². The number of thiophene rings is 1. The first-order valence-corrected chi connectivity index (χ1v) is 8.33. The van der Waals surface area contributed by atoms with Gasteiger partial charge in [-0.1, -0.05) is 0 Å². The number of nitrogens with zero attached hydrogens (tertiary/aromatic N) is 1. The van der Waals surface area contributed by atoms with Crippen LogP contribution < -0.4 is 10.5 Å². The van der Waals surface area contributed by atoms with Gasteiger partial charge in [-0.3, -0.25) is 9.59 Å². The van der Waals surface area contributed by atoms with E-state index in [0.717, 1.165) is 5.56 Å². The van der Waals surface area contributed by atoms with Gasteiger partial charge in [0.2, 0.25) is 0 Å². The number of hydrogen-bond acceptors (Lipinski definition) is 6. The SMILES string of the molecule is CN(Cc1ccsc1)C(=O)COC(=O)c1ccc(OCC(N)=O)cc1. The van der Waals surface area contributed by atoms with Gasteiger partial charge in [-0.25, -0.2) is 4.79 Å². The lowest BCUT2D eigenvalue weighted by molar-refractivity contribution is -0.133. The number of hydrogen-bond donors (Lipinski definition) is 1. The van der Waals surface area contributed by atoms with Gasteiger partial charge in [0.05, 0.1) is 5.56 Å². The molecule has 0 atom stereocenters. The van der Waals surface area contributed by atoms with Gasteiger partial charge < -0.3 is 20.1 Å². The molecule has 132 valence electrons. The van der Waals surface area contributed by atoms with Crippen molar-refractivity contribution in [2.45, 2.75) is 6.54 Å². The Morgan fingerprint density at radius 2 is 1.84 bits per heavy atom. The van der Waals surface area contributed by atoms with Crippen molar-refractivity contribution in [2.75, 3.05) is 20.3 Å². The number of esters is 1. The molecule has 0 spiro atoms. The second-order valence-corrected chi connectivity index (χ2v) is 6.02. The largest absolute Gasteiger partial charge is 0.484 e. The summed E-state index contributed by atoms with van der Waals surface area (Å²) < 4.78 is 10.1. The molecule has 0 aliphatic heterocycles. The Morgan fingerprint density at radius 3 is 2.44 bits per heavy atom. The van der Waals surface area contributed by atoms with Gasteiger partial charge >= 0.3 is 5.97 Å². The van der Waals surface area contributed by atoms with Gasteiger partial charge in [-0.05, 0) is 46.7 Å². The highest BCUT2D eigenvalue weighted by molar-refractivity contribution is 7.07. The van der Waals surface area contributed by atoms with Gasteiger partial charge in [0.1, 0.15) is 5.75 Å². The Bertz CT molecular complexity index is 728. The summed E-state index contributed by atoms with van der Waals surface area (Å²) in [5.74, 6) is -1.09. The lowest BCUT2D eigenvalue weighted by Gasteiger charge is -2.16. The van der Waals surface area contributed by atoms with Gasteiger partial charge in [0.15, 0.2) is 13.2 Å². The third-order valence-corrected chi connectivity index (χ3v) is 3.96. The maximum absolute atomic E-state index is 12.0. The molecule has 0 aliphatic carbocycles. The van der Waals surface area contributed by atoms with Crippen LogP contribution in [-0.2, 0) is 20.9 Å². The number of rotatable bonds is 8. The van der Waals surface area contributed by atoms with Crippen LogP contribution >= 0.6 is 11.3 Å². The first-order chi connectivity index (χ1) is 12.0. The average molecular weight is 362 g/mol. The van der Waals surface area contributed by atoms with Crippen molar-refractivity contribution < 1.29 is 23.9 Å². The fourth-order valence-electron chi connectivity index (χ4n) is 1.91. The molecule has 25 heavy (non-hydrogen) atoms. The number of amides is 2. The molecule has 2 rings (SSSR count). The first-order valence-electron chi connectivity index (χ1n) is 7.39. The van der Waals surface area contributed by atoms with Crippen LogP contribution in [0.1, 0.15) is 15.9 Å². The Hall–Kier alpha value is -2.87. The predicted molar refractivity (Wildman–Crippen MR) is 92.2 cm³/mol. The highest BCUT2D eigenvalue weighted by atomic mass is 32.1. The molecule has 8 heteroatoms. The van der Waals surface area contributed by atoms with Crippen molar-refractivity contribution in [1.29, 1.82) is 0 Å². The topological polar surface area (TPSA) is 98.9 Å². The Kier molecular flexibility index (Phi) is 6.53. The van der Waals surface area contributed by atoms with Crippen LogP contribution in [0, 0.1) is 0 Å². The molecule has 1 aromatic carbocycles. The predicted octanol–water partition coefficient (Wildman–Crippen LogP) is 1.43. The summed E-state index contributed by atoms with van der Waals surface area (Å²) in [5.41, 5.74) is 6.28. The number of primary amides is 1. The normalized spacial score (nSPS) is 10.1. The van der Waals surface area contributed by atoms with Crippen LogP contribution in [0.5, 0.6) is 5.75 Å². The highest BCUT2D eigenvalue weighted by Gasteiger charge is 2.14. The molecule has 7 nitrogen and oxygen atoms in total. The van der Waals surface area contributed by atoms with Crippen LogP contribution in [0.3, 0.4) is 0 Å². The van der Waals surface area contributed by atoms with E-state index in [9.17, 15) is 14.4 Å². The molecule has 0 aliphatic rings. The second-order valence-electron chi connectivity index (χ2n) is 5.24. The summed E-state index contributed by atoms with van der Waals surface area (Å²) in [4.78, 5) is 36.1. The summed E-state index contributed by atoms with van der Waals surface area (Å²) in [6, 6.07) is 7.94. The number of likely N-dealkylation sites (N-methyl/N-ethyl adjacent to an activating group) is 1. The molecule has 0 saturated heterocycles. The minimum Gasteiger partial charge on any atom is -0.484 e. The minimum absolute atomic E-state index is 0.241. The molecule has 0 fully saturated rings. The number of nitrogens with two attached hydrogens (primary N) is 1. The molecule has 0 saturated carbocycles. The first kappa shape index (κ1) is 18.5. The Morgan fingerprint density at radius 1 is 1.12 bits per heavy atom. The van der Waals surface area contributed by atoms with Gasteiger partial charge in [0, 0.05) is 13.6 Å². The highest BCUT2D eigenvalue weighted by Crippen LogP contribution is 2.13. The number of carbonyl (C=O) groups is 3. The maximum Gasteiger partial charge on any atom is 0.338 e. The van der Waals surface area contributed by atoms with E-state index in [1.807, 2.05) is 16.8 Å². The number of ether oxygens (including phenoxy) is 2. The third kappa shape index (κ3) is 5.92. The summed E-state index contributed by atoms with van der Waals surface area (Å²) >= 11 is 1.56. The van der Waals surface area contributed by atoms with E-state index in [2.05, 4.69) is 0 Å². The van der Waals surface area contributed by atoms with E-state index in [1.165, 1.54) is 29.2 Å². The van der Waals surface area contributed by atoms with E-state index in [4.69, 9.17) is 15.2 Å².